The van der Waals surface area contributed by atoms with Crippen molar-refractivity contribution < 1.29 is 38.4 Å². The molecule has 0 bridgehead atoms. The summed E-state index contributed by atoms with van der Waals surface area (Å²) in [5.74, 6) is -0.123. The van der Waals surface area contributed by atoms with Gasteiger partial charge in [0.25, 0.3) is 5.91 Å². The molecule has 2 heterocycles. The Morgan fingerprint density at radius 1 is 1.15 bits per heavy atom. The third-order valence-electron chi connectivity index (χ3n) is 5.50. The topological polar surface area (TPSA) is 120 Å². The number of hydrogen-bond donors (Lipinski definition) is 2. The molecule has 0 radical (unpaired) electrons. The van der Waals surface area contributed by atoms with Crippen LogP contribution in [0, 0.1) is 5.92 Å². The predicted octanol–water partition coefficient (Wildman–Crippen LogP) is 3.03. The average Bonchev–Trinajstić information content (AvgIpc) is 3.39. The zero-order valence-corrected chi connectivity index (χ0v) is 18.1. The van der Waals surface area contributed by atoms with Crippen LogP contribution in [0.1, 0.15) is 36.2 Å². The van der Waals surface area contributed by atoms with Crippen molar-refractivity contribution in [1.29, 1.82) is 0 Å². The first-order valence-electron chi connectivity index (χ1n) is 10.5. The number of carbonyl (C=O) groups excluding carboxylic acids is 2. The summed E-state index contributed by atoms with van der Waals surface area (Å²) in [6, 6.07) is 8.95. The van der Waals surface area contributed by atoms with Crippen molar-refractivity contribution in [2.24, 2.45) is 5.92 Å². The molecule has 2 aliphatic heterocycles. The summed E-state index contributed by atoms with van der Waals surface area (Å²) in [4.78, 5) is 36.2. The summed E-state index contributed by atoms with van der Waals surface area (Å²) >= 11 is 0. The molecule has 0 aliphatic carbocycles. The molecule has 4 rings (SSSR count). The summed E-state index contributed by atoms with van der Waals surface area (Å²) in [6.07, 6.45) is 2.22. The molecule has 2 unspecified atom stereocenters. The molecule has 9 heteroatoms. The number of benzene rings is 2. The molecule has 2 N–H and O–H groups in total. The number of carboxylic acids is 1. The number of ether oxygens (including phenoxy) is 4. The Kier molecular flexibility index (Phi) is 6.21. The number of Topliss-reactive ketones (excluding diaryl/α,β-unsaturated/α-hetero) is 1. The average molecular weight is 453 g/mol. The standard InChI is InChI=1S/C24H23NO8/c1-3-13(2)22(24(28)29)25-21(26)11-30-15-5-6-16-18(10-15)33-20(23(16)27)9-14-4-7-17-19(8-14)32-12-31-17/h4-10,13,22H,3,11-12H2,1-2H3,(H,25,26)(H,28,29). The number of carbonyl (C=O) groups is 3. The van der Waals surface area contributed by atoms with Crippen LogP contribution in [0.2, 0.25) is 0 Å². The van der Waals surface area contributed by atoms with Crippen molar-refractivity contribution in [3.63, 3.8) is 0 Å². The van der Waals surface area contributed by atoms with Gasteiger partial charge in [-0.2, -0.15) is 0 Å². The van der Waals surface area contributed by atoms with Gasteiger partial charge in [-0.3, -0.25) is 9.59 Å². The summed E-state index contributed by atoms with van der Waals surface area (Å²) < 4.78 is 21.8. The lowest BCUT2D eigenvalue weighted by Crippen LogP contribution is -2.46. The van der Waals surface area contributed by atoms with Crippen LogP contribution in [-0.4, -0.2) is 42.2 Å². The molecular weight excluding hydrogens is 430 g/mol. The van der Waals surface area contributed by atoms with Gasteiger partial charge in [0.2, 0.25) is 12.6 Å². The number of hydrogen-bond acceptors (Lipinski definition) is 7. The maximum atomic E-state index is 12.7. The molecule has 33 heavy (non-hydrogen) atoms. The minimum Gasteiger partial charge on any atom is -0.484 e. The van der Waals surface area contributed by atoms with Gasteiger partial charge in [-0.25, -0.2) is 4.79 Å². The number of nitrogens with one attached hydrogen (secondary N) is 1. The van der Waals surface area contributed by atoms with Crippen molar-refractivity contribution in [3.8, 4) is 23.0 Å². The van der Waals surface area contributed by atoms with E-state index in [2.05, 4.69) is 5.32 Å². The van der Waals surface area contributed by atoms with E-state index in [4.69, 9.17) is 18.9 Å². The Hall–Kier alpha value is -4.01. The van der Waals surface area contributed by atoms with E-state index in [-0.39, 0.29) is 30.9 Å². The quantitative estimate of drug-likeness (QED) is 0.585. The molecule has 0 saturated heterocycles. The molecule has 2 atom stereocenters. The Morgan fingerprint density at radius 3 is 2.70 bits per heavy atom. The van der Waals surface area contributed by atoms with E-state index in [0.29, 0.717) is 35.0 Å². The van der Waals surface area contributed by atoms with E-state index >= 15 is 0 Å². The smallest absolute Gasteiger partial charge is 0.326 e. The lowest BCUT2D eigenvalue weighted by Gasteiger charge is -2.20. The molecule has 0 aromatic heterocycles. The van der Waals surface area contributed by atoms with Gasteiger partial charge in [0, 0.05) is 6.07 Å². The highest BCUT2D eigenvalue weighted by atomic mass is 16.7. The first kappa shape index (κ1) is 22.2. The lowest BCUT2D eigenvalue weighted by molar-refractivity contribution is -0.143. The molecular formula is C24H23NO8. The van der Waals surface area contributed by atoms with Crippen LogP contribution < -0.4 is 24.3 Å². The molecule has 9 nitrogen and oxygen atoms in total. The Labute approximate surface area is 189 Å². The van der Waals surface area contributed by atoms with Crippen LogP contribution in [0.3, 0.4) is 0 Å². The second-order valence-corrected chi connectivity index (χ2v) is 7.77. The predicted molar refractivity (Wildman–Crippen MR) is 116 cm³/mol. The third-order valence-corrected chi connectivity index (χ3v) is 5.50. The second-order valence-electron chi connectivity index (χ2n) is 7.77. The fraction of sp³-hybridized carbons (Fsp3) is 0.292. The van der Waals surface area contributed by atoms with Crippen molar-refractivity contribution in [1.82, 2.24) is 5.32 Å². The highest BCUT2D eigenvalue weighted by Crippen LogP contribution is 2.37. The fourth-order valence-corrected chi connectivity index (χ4v) is 3.46. The maximum Gasteiger partial charge on any atom is 0.326 e. The number of aliphatic carboxylic acids is 1. The van der Waals surface area contributed by atoms with Crippen molar-refractivity contribution in [3.05, 3.63) is 53.3 Å². The van der Waals surface area contributed by atoms with Gasteiger partial charge in [0.1, 0.15) is 17.5 Å². The highest BCUT2D eigenvalue weighted by Gasteiger charge is 2.29. The molecule has 0 spiro atoms. The summed E-state index contributed by atoms with van der Waals surface area (Å²) in [5, 5.41) is 11.8. The minimum atomic E-state index is -1.09. The van der Waals surface area contributed by atoms with Crippen LogP contribution in [0.4, 0.5) is 0 Å². The van der Waals surface area contributed by atoms with Crippen molar-refractivity contribution in [2.75, 3.05) is 13.4 Å². The third kappa shape index (κ3) is 4.77. The van der Waals surface area contributed by atoms with Gasteiger partial charge < -0.3 is 29.4 Å². The number of carboxylic acid groups (broad SMARTS) is 1. The summed E-state index contributed by atoms with van der Waals surface area (Å²) in [7, 11) is 0. The van der Waals surface area contributed by atoms with E-state index in [9.17, 15) is 19.5 Å². The molecule has 2 aliphatic rings. The first-order chi connectivity index (χ1) is 15.9. The highest BCUT2D eigenvalue weighted by molar-refractivity contribution is 6.14. The van der Waals surface area contributed by atoms with Gasteiger partial charge in [-0.15, -0.1) is 0 Å². The van der Waals surface area contributed by atoms with Crippen LogP contribution in [0.25, 0.3) is 6.08 Å². The fourth-order valence-electron chi connectivity index (χ4n) is 3.46. The van der Waals surface area contributed by atoms with Gasteiger partial charge in [0.05, 0.1) is 5.56 Å². The van der Waals surface area contributed by atoms with Crippen LogP contribution >= 0.6 is 0 Å². The summed E-state index contributed by atoms with van der Waals surface area (Å²) in [5.41, 5.74) is 1.10. The number of fused-ring (bicyclic) bond motifs is 2. The van der Waals surface area contributed by atoms with E-state index < -0.39 is 17.9 Å². The number of amides is 1. The zero-order valence-electron chi connectivity index (χ0n) is 18.1. The zero-order chi connectivity index (χ0) is 23.5. The maximum absolute atomic E-state index is 12.7. The van der Waals surface area contributed by atoms with Gasteiger partial charge in [-0.1, -0.05) is 26.3 Å². The molecule has 2 aromatic carbocycles. The SMILES string of the molecule is CCC(C)C(NC(=O)COc1ccc2c(c1)OC(=Cc1ccc3c(c1)OCO3)C2=O)C(=O)O. The molecule has 0 saturated carbocycles. The first-order valence-corrected chi connectivity index (χ1v) is 10.5. The van der Waals surface area contributed by atoms with Crippen molar-refractivity contribution in [2.45, 2.75) is 26.3 Å². The number of rotatable bonds is 8. The monoisotopic (exact) mass is 453 g/mol. The van der Waals surface area contributed by atoms with E-state index in [1.54, 1.807) is 43.3 Å². The Morgan fingerprint density at radius 2 is 1.94 bits per heavy atom. The van der Waals surface area contributed by atoms with Crippen molar-refractivity contribution >= 4 is 23.7 Å². The Balaban J connectivity index is 1.41. The number of allylic oxidation sites excluding steroid dienone is 1. The molecule has 2 aromatic rings. The Bertz CT molecular complexity index is 1140. The lowest BCUT2D eigenvalue weighted by atomic mass is 9.99. The number of ketones is 1. The second kappa shape index (κ2) is 9.23. The summed E-state index contributed by atoms with van der Waals surface area (Å²) in [6.45, 7) is 3.40. The molecule has 1 amide bonds. The van der Waals surface area contributed by atoms with E-state index in [1.165, 1.54) is 6.07 Å². The van der Waals surface area contributed by atoms with E-state index in [0.717, 1.165) is 5.56 Å². The molecule has 0 fully saturated rings. The largest absolute Gasteiger partial charge is 0.484 e. The van der Waals surface area contributed by atoms with Crippen LogP contribution in [0.15, 0.2) is 42.2 Å². The van der Waals surface area contributed by atoms with Gasteiger partial charge in [0.15, 0.2) is 23.9 Å². The van der Waals surface area contributed by atoms with Crippen LogP contribution in [-0.2, 0) is 9.59 Å². The normalized spacial score (nSPS) is 16.7. The van der Waals surface area contributed by atoms with Gasteiger partial charge >= 0.3 is 5.97 Å². The van der Waals surface area contributed by atoms with Crippen LogP contribution in [0.5, 0.6) is 23.0 Å². The van der Waals surface area contributed by atoms with Gasteiger partial charge in [-0.05, 0) is 41.8 Å². The molecule has 172 valence electrons. The minimum absolute atomic E-state index is 0.150. The van der Waals surface area contributed by atoms with E-state index in [1.807, 2.05) is 6.92 Å².